The lowest BCUT2D eigenvalue weighted by molar-refractivity contribution is 0.375. The van der Waals surface area contributed by atoms with Gasteiger partial charge in [0.15, 0.2) is 0 Å². The van der Waals surface area contributed by atoms with Crippen molar-refractivity contribution in [3.63, 3.8) is 0 Å². The Morgan fingerprint density at radius 3 is 2.50 bits per heavy atom. The highest BCUT2D eigenvalue weighted by molar-refractivity contribution is 7.19. The topological polar surface area (TPSA) is 12.0 Å². The van der Waals surface area contributed by atoms with Crippen molar-refractivity contribution in [2.24, 2.45) is 5.92 Å². The van der Waals surface area contributed by atoms with Gasteiger partial charge < -0.3 is 5.32 Å². The molecule has 1 heterocycles. The van der Waals surface area contributed by atoms with Gasteiger partial charge in [-0.3, -0.25) is 0 Å². The maximum absolute atomic E-state index is 3.76. The second-order valence-corrected chi connectivity index (χ2v) is 6.73. The lowest BCUT2D eigenvalue weighted by Crippen LogP contribution is -2.23. The van der Waals surface area contributed by atoms with Gasteiger partial charge in [0.05, 0.1) is 0 Å². The van der Waals surface area contributed by atoms with E-state index in [0.717, 1.165) is 12.5 Å². The van der Waals surface area contributed by atoms with Crippen LogP contribution in [0, 0.1) is 5.92 Å². The van der Waals surface area contributed by atoms with Crippen LogP contribution in [0.15, 0.2) is 30.3 Å². The first-order valence-electron chi connectivity index (χ1n) is 8.00. The average Bonchev–Trinajstić information content (AvgIpc) is 2.91. The number of rotatable bonds is 8. The fourth-order valence-electron chi connectivity index (χ4n) is 2.75. The molecular weight excluding hydrogens is 262 g/mol. The highest BCUT2D eigenvalue weighted by Crippen LogP contribution is 2.33. The van der Waals surface area contributed by atoms with Crippen LogP contribution in [0.3, 0.4) is 0 Å². The lowest BCUT2D eigenvalue weighted by Gasteiger charge is -2.22. The third-order valence-electron chi connectivity index (χ3n) is 4.15. The zero-order valence-electron chi connectivity index (χ0n) is 13.0. The second-order valence-electron chi connectivity index (χ2n) is 5.61. The molecule has 110 valence electrons. The summed E-state index contributed by atoms with van der Waals surface area (Å²) in [6.45, 7) is 7.98. The molecule has 1 atom stereocenters. The Kier molecular flexibility index (Phi) is 6.06. The summed E-state index contributed by atoms with van der Waals surface area (Å²) in [6, 6.07) is 11.6. The molecule has 1 N–H and O–H groups in total. The van der Waals surface area contributed by atoms with E-state index in [0.29, 0.717) is 6.04 Å². The summed E-state index contributed by atoms with van der Waals surface area (Å²) in [5, 5.41) is 5.15. The predicted molar refractivity (Wildman–Crippen MR) is 91.5 cm³/mol. The zero-order valence-corrected chi connectivity index (χ0v) is 13.8. The van der Waals surface area contributed by atoms with E-state index < -0.39 is 0 Å². The molecule has 1 aromatic heterocycles. The molecule has 1 unspecified atom stereocenters. The van der Waals surface area contributed by atoms with Crippen LogP contribution in [0.5, 0.6) is 0 Å². The molecule has 1 nitrogen and oxygen atoms in total. The molecule has 0 fully saturated rings. The molecule has 2 heteroatoms. The molecule has 0 aliphatic heterocycles. The SMILES string of the molecule is CCCNC(CC(CC)CC)c1cc2ccccc2s1. The van der Waals surface area contributed by atoms with Crippen molar-refractivity contribution in [1.82, 2.24) is 5.32 Å². The summed E-state index contributed by atoms with van der Waals surface area (Å²) in [5.41, 5.74) is 0. The monoisotopic (exact) mass is 289 g/mol. The number of thiophene rings is 1. The lowest BCUT2D eigenvalue weighted by atomic mass is 9.94. The highest BCUT2D eigenvalue weighted by atomic mass is 32.1. The molecule has 0 aliphatic rings. The van der Waals surface area contributed by atoms with E-state index in [1.165, 1.54) is 40.6 Å². The minimum Gasteiger partial charge on any atom is -0.309 e. The summed E-state index contributed by atoms with van der Waals surface area (Å²) in [5.74, 6) is 0.828. The smallest absolute Gasteiger partial charge is 0.0417 e. The van der Waals surface area contributed by atoms with Gasteiger partial charge in [0, 0.05) is 15.6 Å². The zero-order chi connectivity index (χ0) is 14.4. The summed E-state index contributed by atoms with van der Waals surface area (Å²) in [4.78, 5) is 1.51. The van der Waals surface area contributed by atoms with Gasteiger partial charge >= 0.3 is 0 Å². The van der Waals surface area contributed by atoms with Crippen LogP contribution in [-0.2, 0) is 0 Å². The summed E-state index contributed by atoms with van der Waals surface area (Å²) >= 11 is 1.96. The van der Waals surface area contributed by atoms with E-state index in [9.17, 15) is 0 Å². The maximum Gasteiger partial charge on any atom is 0.0417 e. The Labute approximate surface area is 127 Å². The molecule has 2 aromatic rings. The standard InChI is InChI=1S/C18H27NS/c1-4-11-19-16(12-14(5-2)6-3)18-13-15-9-7-8-10-17(15)20-18/h7-10,13-14,16,19H,4-6,11-12H2,1-3H3. The molecule has 20 heavy (non-hydrogen) atoms. The van der Waals surface area contributed by atoms with Crippen LogP contribution in [-0.4, -0.2) is 6.54 Å². The second kappa shape index (κ2) is 7.80. The number of hydrogen-bond donors (Lipinski definition) is 1. The van der Waals surface area contributed by atoms with Gasteiger partial charge in [-0.1, -0.05) is 51.8 Å². The van der Waals surface area contributed by atoms with Gasteiger partial charge in [-0.25, -0.2) is 0 Å². The molecule has 0 radical (unpaired) electrons. The van der Waals surface area contributed by atoms with E-state index in [1.54, 1.807) is 0 Å². The molecule has 2 rings (SSSR count). The van der Waals surface area contributed by atoms with Gasteiger partial charge in [-0.05, 0) is 42.8 Å². The molecule has 0 saturated carbocycles. The molecule has 0 bridgehead atoms. The van der Waals surface area contributed by atoms with Crippen LogP contribution in [0.25, 0.3) is 10.1 Å². The van der Waals surface area contributed by atoms with E-state index in [-0.39, 0.29) is 0 Å². The fraction of sp³-hybridized carbons (Fsp3) is 0.556. The normalized spacial score (nSPS) is 13.2. The fourth-order valence-corrected chi connectivity index (χ4v) is 3.90. The molecule has 0 saturated heterocycles. The third kappa shape index (κ3) is 3.83. The quantitative estimate of drug-likeness (QED) is 0.650. The van der Waals surface area contributed by atoms with Crippen LogP contribution in [0.1, 0.15) is 57.4 Å². The Balaban J connectivity index is 2.19. The van der Waals surface area contributed by atoms with E-state index in [1.807, 2.05) is 11.3 Å². The van der Waals surface area contributed by atoms with Crippen LogP contribution in [0.2, 0.25) is 0 Å². The van der Waals surface area contributed by atoms with Crippen molar-refractivity contribution in [2.45, 2.75) is 52.5 Å². The largest absolute Gasteiger partial charge is 0.309 e. The van der Waals surface area contributed by atoms with Crippen LogP contribution < -0.4 is 5.32 Å². The molecule has 1 aromatic carbocycles. The van der Waals surface area contributed by atoms with Crippen molar-refractivity contribution in [1.29, 1.82) is 0 Å². The van der Waals surface area contributed by atoms with Crippen molar-refractivity contribution in [3.05, 3.63) is 35.2 Å². The first-order valence-corrected chi connectivity index (χ1v) is 8.81. The van der Waals surface area contributed by atoms with Crippen molar-refractivity contribution in [2.75, 3.05) is 6.54 Å². The van der Waals surface area contributed by atoms with Crippen molar-refractivity contribution in [3.8, 4) is 0 Å². The molecular formula is C18H27NS. The van der Waals surface area contributed by atoms with Gasteiger partial charge in [-0.15, -0.1) is 11.3 Å². The molecule has 0 spiro atoms. The predicted octanol–water partition coefficient (Wildman–Crippen LogP) is 5.77. The van der Waals surface area contributed by atoms with Gasteiger partial charge in [0.25, 0.3) is 0 Å². The number of fused-ring (bicyclic) bond motifs is 1. The van der Waals surface area contributed by atoms with E-state index >= 15 is 0 Å². The Bertz CT molecular complexity index is 480. The first kappa shape index (κ1) is 15.5. The Hall–Kier alpha value is -0.860. The molecule has 0 amide bonds. The minimum atomic E-state index is 0.525. The number of benzene rings is 1. The average molecular weight is 289 g/mol. The summed E-state index contributed by atoms with van der Waals surface area (Å²) in [6.07, 6.45) is 5.03. The Morgan fingerprint density at radius 1 is 1.10 bits per heavy atom. The van der Waals surface area contributed by atoms with Gasteiger partial charge in [0.1, 0.15) is 0 Å². The minimum absolute atomic E-state index is 0.525. The Morgan fingerprint density at radius 2 is 1.85 bits per heavy atom. The number of hydrogen-bond acceptors (Lipinski definition) is 2. The van der Waals surface area contributed by atoms with E-state index in [2.05, 4.69) is 56.4 Å². The highest BCUT2D eigenvalue weighted by Gasteiger charge is 2.17. The van der Waals surface area contributed by atoms with Crippen molar-refractivity contribution < 1.29 is 0 Å². The first-order chi connectivity index (χ1) is 9.78. The van der Waals surface area contributed by atoms with E-state index in [4.69, 9.17) is 0 Å². The van der Waals surface area contributed by atoms with Crippen molar-refractivity contribution >= 4 is 21.4 Å². The number of nitrogens with one attached hydrogen (secondary N) is 1. The van der Waals surface area contributed by atoms with Crippen LogP contribution in [0.4, 0.5) is 0 Å². The maximum atomic E-state index is 3.76. The molecule has 0 aliphatic carbocycles. The third-order valence-corrected chi connectivity index (χ3v) is 5.38. The van der Waals surface area contributed by atoms with Gasteiger partial charge in [0.2, 0.25) is 0 Å². The summed E-state index contributed by atoms with van der Waals surface area (Å²) < 4.78 is 1.41. The van der Waals surface area contributed by atoms with Gasteiger partial charge in [-0.2, -0.15) is 0 Å². The summed E-state index contributed by atoms with van der Waals surface area (Å²) in [7, 11) is 0. The van der Waals surface area contributed by atoms with Crippen LogP contribution >= 0.6 is 11.3 Å².